The second kappa shape index (κ2) is 6.49. The minimum atomic E-state index is -1.02. The minimum absolute atomic E-state index is 0.121. The number of rotatable bonds is 3. The molecule has 1 saturated heterocycles. The molecular formula is C19H18N4O2. The highest BCUT2D eigenvalue weighted by molar-refractivity contribution is 6.02. The van der Waals surface area contributed by atoms with Gasteiger partial charge in [-0.1, -0.05) is 42.5 Å². The van der Waals surface area contributed by atoms with Crippen LogP contribution in [0.1, 0.15) is 10.4 Å². The van der Waals surface area contributed by atoms with Crippen LogP contribution < -0.4 is 10.2 Å². The van der Waals surface area contributed by atoms with Crippen LogP contribution in [0.4, 0.5) is 5.95 Å². The summed E-state index contributed by atoms with van der Waals surface area (Å²) >= 11 is 0. The van der Waals surface area contributed by atoms with E-state index in [4.69, 9.17) is 0 Å². The molecule has 126 valence electrons. The first-order chi connectivity index (χ1) is 12.2. The van der Waals surface area contributed by atoms with Crippen molar-refractivity contribution in [3.8, 4) is 11.3 Å². The third-order valence-electron chi connectivity index (χ3n) is 4.45. The Hall–Kier alpha value is -2.99. The Bertz CT molecular complexity index is 930. The van der Waals surface area contributed by atoms with Gasteiger partial charge in [0.05, 0.1) is 5.69 Å². The van der Waals surface area contributed by atoms with E-state index in [2.05, 4.69) is 20.2 Å². The van der Waals surface area contributed by atoms with Gasteiger partial charge in [-0.15, -0.1) is 0 Å². The topological polar surface area (TPSA) is 78.3 Å². The number of benzene rings is 2. The van der Waals surface area contributed by atoms with Gasteiger partial charge in [-0.3, -0.25) is 0 Å². The Morgan fingerprint density at radius 2 is 1.84 bits per heavy atom. The number of nitrogens with one attached hydrogen (secondary N) is 1. The Kier molecular flexibility index (Phi) is 4.03. The van der Waals surface area contributed by atoms with Gasteiger partial charge < -0.3 is 15.3 Å². The van der Waals surface area contributed by atoms with Crippen molar-refractivity contribution in [2.24, 2.45) is 0 Å². The van der Waals surface area contributed by atoms with Crippen molar-refractivity contribution in [2.45, 2.75) is 0 Å². The highest BCUT2D eigenvalue weighted by Crippen LogP contribution is 2.30. The molecule has 1 aromatic heterocycles. The summed E-state index contributed by atoms with van der Waals surface area (Å²) in [6.45, 7) is 3.35. The van der Waals surface area contributed by atoms with E-state index < -0.39 is 5.97 Å². The number of fused-ring (bicyclic) bond motifs is 1. The first kappa shape index (κ1) is 15.5. The van der Waals surface area contributed by atoms with Crippen molar-refractivity contribution in [1.82, 2.24) is 15.3 Å². The normalized spacial score (nSPS) is 14.6. The quantitative estimate of drug-likeness (QED) is 0.766. The third-order valence-corrected chi connectivity index (χ3v) is 4.45. The minimum Gasteiger partial charge on any atom is -0.478 e. The van der Waals surface area contributed by atoms with Gasteiger partial charge in [0, 0.05) is 37.9 Å². The van der Waals surface area contributed by atoms with Crippen LogP contribution in [0.3, 0.4) is 0 Å². The summed E-state index contributed by atoms with van der Waals surface area (Å²) in [5, 5.41) is 14.9. The third kappa shape index (κ3) is 2.92. The average Bonchev–Trinajstić information content (AvgIpc) is 2.67. The van der Waals surface area contributed by atoms with E-state index in [1.165, 1.54) is 6.20 Å². The van der Waals surface area contributed by atoms with Crippen LogP contribution in [0.2, 0.25) is 0 Å². The van der Waals surface area contributed by atoms with E-state index in [0.29, 0.717) is 11.6 Å². The molecule has 0 aliphatic carbocycles. The van der Waals surface area contributed by atoms with Crippen LogP contribution in [-0.4, -0.2) is 47.2 Å². The Morgan fingerprint density at radius 1 is 1.08 bits per heavy atom. The van der Waals surface area contributed by atoms with Crippen molar-refractivity contribution in [3.05, 3.63) is 54.2 Å². The molecular weight excluding hydrogens is 316 g/mol. The first-order valence-corrected chi connectivity index (χ1v) is 8.28. The van der Waals surface area contributed by atoms with Gasteiger partial charge in [-0.25, -0.2) is 14.8 Å². The standard InChI is InChI=1S/C19H18N4O2/c24-18(25)16-12-21-19(23-10-8-20-9-11-23)22-17(16)15-7-3-5-13-4-1-2-6-14(13)15/h1-7,12,20H,8-11H2,(H,24,25). The lowest BCUT2D eigenvalue weighted by atomic mass is 9.99. The second-order valence-electron chi connectivity index (χ2n) is 6.00. The number of hydrogen-bond acceptors (Lipinski definition) is 5. The summed E-state index contributed by atoms with van der Waals surface area (Å²) in [6.07, 6.45) is 1.42. The Morgan fingerprint density at radius 3 is 2.64 bits per heavy atom. The molecule has 1 fully saturated rings. The molecule has 0 radical (unpaired) electrons. The van der Waals surface area contributed by atoms with Gasteiger partial charge >= 0.3 is 5.97 Å². The van der Waals surface area contributed by atoms with Crippen LogP contribution in [0.25, 0.3) is 22.0 Å². The van der Waals surface area contributed by atoms with Crippen molar-refractivity contribution >= 4 is 22.7 Å². The maximum Gasteiger partial charge on any atom is 0.339 e. The lowest BCUT2D eigenvalue weighted by Gasteiger charge is -2.27. The number of piperazine rings is 1. The monoisotopic (exact) mass is 334 g/mol. The predicted octanol–water partition coefficient (Wildman–Crippen LogP) is 2.40. The van der Waals surface area contributed by atoms with Gasteiger partial charge in [0.1, 0.15) is 5.56 Å². The summed E-state index contributed by atoms with van der Waals surface area (Å²) in [4.78, 5) is 22.7. The van der Waals surface area contributed by atoms with Crippen LogP contribution in [0, 0.1) is 0 Å². The number of carbonyl (C=O) groups is 1. The fourth-order valence-electron chi connectivity index (χ4n) is 3.18. The molecule has 0 amide bonds. The summed E-state index contributed by atoms with van der Waals surface area (Å²) in [5.74, 6) is -0.441. The number of carboxylic acids is 1. The smallest absolute Gasteiger partial charge is 0.339 e. The number of carboxylic acid groups (broad SMARTS) is 1. The molecule has 25 heavy (non-hydrogen) atoms. The zero-order valence-electron chi connectivity index (χ0n) is 13.6. The van der Waals surface area contributed by atoms with E-state index >= 15 is 0 Å². The number of aromatic nitrogens is 2. The van der Waals surface area contributed by atoms with Gasteiger partial charge in [-0.05, 0) is 10.8 Å². The van der Waals surface area contributed by atoms with Crippen molar-refractivity contribution in [1.29, 1.82) is 0 Å². The zero-order valence-corrected chi connectivity index (χ0v) is 13.6. The van der Waals surface area contributed by atoms with E-state index in [0.717, 1.165) is 42.5 Å². The summed E-state index contributed by atoms with van der Waals surface area (Å²) in [5.41, 5.74) is 1.40. The first-order valence-electron chi connectivity index (χ1n) is 8.28. The molecule has 3 aromatic rings. The van der Waals surface area contributed by atoms with E-state index in [1.54, 1.807) is 0 Å². The molecule has 0 unspecified atom stereocenters. The van der Waals surface area contributed by atoms with Crippen molar-refractivity contribution in [3.63, 3.8) is 0 Å². The molecule has 4 rings (SSSR count). The molecule has 2 N–H and O–H groups in total. The van der Waals surface area contributed by atoms with Crippen molar-refractivity contribution in [2.75, 3.05) is 31.1 Å². The average molecular weight is 334 g/mol. The molecule has 0 saturated carbocycles. The van der Waals surface area contributed by atoms with Crippen LogP contribution in [0.15, 0.2) is 48.7 Å². The lowest BCUT2D eigenvalue weighted by molar-refractivity contribution is 0.0697. The second-order valence-corrected chi connectivity index (χ2v) is 6.00. The highest BCUT2D eigenvalue weighted by atomic mass is 16.4. The van der Waals surface area contributed by atoms with Crippen LogP contribution >= 0.6 is 0 Å². The summed E-state index contributed by atoms with van der Waals surface area (Å²) in [7, 11) is 0. The summed E-state index contributed by atoms with van der Waals surface area (Å²) < 4.78 is 0. The van der Waals surface area contributed by atoms with Crippen LogP contribution in [0.5, 0.6) is 0 Å². The predicted molar refractivity (Wildman–Crippen MR) is 97.0 cm³/mol. The summed E-state index contributed by atoms with van der Waals surface area (Å²) in [6, 6.07) is 13.8. The number of anilines is 1. The molecule has 1 aliphatic rings. The van der Waals surface area contributed by atoms with E-state index in [-0.39, 0.29) is 5.56 Å². The van der Waals surface area contributed by atoms with Crippen LogP contribution in [-0.2, 0) is 0 Å². The molecule has 2 heterocycles. The Balaban J connectivity index is 1.90. The highest BCUT2D eigenvalue weighted by Gasteiger charge is 2.20. The van der Waals surface area contributed by atoms with E-state index in [9.17, 15) is 9.90 Å². The molecule has 0 bridgehead atoms. The van der Waals surface area contributed by atoms with Gasteiger partial charge in [0.15, 0.2) is 0 Å². The maximum atomic E-state index is 11.7. The van der Waals surface area contributed by atoms with Gasteiger partial charge in [-0.2, -0.15) is 0 Å². The number of nitrogens with zero attached hydrogens (tertiary/aromatic N) is 3. The van der Waals surface area contributed by atoms with Gasteiger partial charge in [0.25, 0.3) is 0 Å². The number of aromatic carboxylic acids is 1. The Labute approximate surface area is 145 Å². The van der Waals surface area contributed by atoms with E-state index in [1.807, 2.05) is 42.5 Å². The van der Waals surface area contributed by atoms with Crippen molar-refractivity contribution < 1.29 is 9.90 Å². The molecule has 0 atom stereocenters. The lowest BCUT2D eigenvalue weighted by Crippen LogP contribution is -2.44. The molecule has 0 spiro atoms. The zero-order chi connectivity index (χ0) is 17.2. The fourth-order valence-corrected chi connectivity index (χ4v) is 3.18. The molecule has 6 heteroatoms. The molecule has 2 aromatic carbocycles. The van der Waals surface area contributed by atoms with Gasteiger partial charge in [0.2, 0.25) is 5.95 Å². The molecule has 1 aliphatic heterocycles. The SMILES string of the molecule is O=C(O)c1cnc(N2CCNCC2)nc1-c1cccc2ccccc12. The largest absolute Gasteiger partial charge is 0.478 e. The number of hydrogen-bond donors (Lipinski definition) is 2. The maximum absolute atomic E-state index is 11.7. The fraction of sp³-hybridized carbons (Fsp3) is 0.211. The molecule has 6 nitrogen and oxygen atoms in total.